The van der Waals surface area contributed by atoms with E-state index in [1.54, 1.807) is 7.11 Å². The third-order valence-electron chi connectivity index (χ3n) is 4.87. The molecule has 1 fully saturated rings. The summed E-state index contributed by atoms with van der Waals surface area (Å²) < 4.78 is 10.8. The van der Waals surface area contributed by atoms with Crippen molar-refractivity contribution >= 4 is 5.91 Å². The molecule has 0 spiro atoms. The van der Waals surface area contributed by atoms with Crippen LogP contribution in [0.25, 0.3) is 0 Å². The highest BCUT2D eigenvalue weighted by atomic mass is 16.5. The molecule has 0 atom stereocenters. The zero-order valence-electron chi connectivity index (χ0n) is 16.5. The van der Waals surface area contributed by atoms with Crippen LogP contribution in [0, 0.1) is 0 Å². The molecule has 1 amide bonds. The number of methoxy groups -OCH3 is 1. The van der Waals surface area contributed by atoms with Crippen LogP contribution in [0.15, 0.2) is 65.3 Å². The lowest BCUT2D eigenvalue weighted by Gasteiger charge is -2.21. The number of oxazole rings is 1. The first-order chi connectivity index (χ1) is 14.2. The van der Waals surface area contributed by atoms with Gasteiger partial charge in [0.05, 0.1) is 13.7 Å². The summed E-state index contributed by atoms with van der Waals surface area (Å²) in [5.74, 6) is 1.21. The highest BCUT2D eigenvalue weighted by molar-refractivity contribution is 5.92. The van der Waals surface area contributed by atoms with Crippen molar-refractivity contribution in [2.75, 3.05) is 7.11 Å². The van der Waals surface area contributed by atoms with Crippen molar-refractivity contribution in [3.05, 3.63) is 83.6 Å². The maximum absolute atomic E-state index is 12.2. The van der Waals surface area contributed by atoms with E-state index in [-0.39, 0.29) is 5.91 Å². The van der Waals surface area contributed by atoms with E-state index in [9.17, 15) is 4.79 Å². The summed E-state index contributed by atoms with van der Waals surface area (Å²) >= 11 is 0. The van der Waals surface area contributed by atoms with Crippen molar-refractivity contribution in [2.24, 2.45) is 0 Å². The normalized spacial score (nSPS) is 13.4. The Labute approximate surface area is 170 Å². The third-order valence-corrected chi connectivity index (χ3v) is 4.87. The Bertz CT molecular complexity index is 934. The van der Waals surface area contributed by atoms with Crippen LogP contribution in [0.4, 0.5) is 0 Å². The minimum atomic E-state index is -0.160. The Hall–Kier alpha value is -3.12. The monoisotopic (exact) mass is 391 g/mol. The lowest BCUT2D eigenvalue weighted by Crippen LogP contribution is -2.26. The second-order valence-corrected chi connectivity index (χ2v) is 7.35. The van der Waals surface area contributed by atoms with E-state index < -0.39 is 0 Å². The number of nitrogens with one attached hydrogen (secondary N) is 1. The molecule has 1 heterocycles. The van der Waals surface area contributed by atoms with Crippen LogP contribution in [0.5, 0.6) is 5.75 Å². The van der Waals surface area contributed by atoms with Crippen molar-refractivity contribution < 1.29 is 13.9 Å². The molecule has 4 rings (SSSR count). The Morgan fingerprint density at radius 1 is 1.07 bits per heavy atom. The lowest BCUT2D eigenvalue weighted by molar-refractivity contribution is 0.0946. The van der Waals surface area contributed by atoms with Crippen LogP contribution >= 0.6 is 0 Å². The second-order valence-electron chi connectivity index (χ2n) is 7.35. The zero-order valence-corrected chi connectivity index (χ0v) is 16.5. The molecule has 0 unspecified atom stereocenters. The van der Waals surface area contributed by atoms with E-state index in [2.05, 4.69) is 39.5 Å². The zero-order chi connectivity index (χ0) is 20.1. The number of aromatic nitrogens is 1. The quantitative estimate of drug-likeness (QED) is 0.601. The average molecular weight is 391 g/mol. The first kappa shape index (κ1) is 19.2. The highest BCUT2D eigenvalue weighted by Gasteiger charge is 2.25. The van der Waals surface area contributed by atoms with Gasteiger partial charge in [-0.1, -0.05) is 42.5 Å². The van der Waals surface area contributed by atoms with E-state index >= 15 is 0 Å². The first-order valence-electron chi connectivity index (χ1n) is 9.84. The maximum Gasteiger partial charge on any atom is 0.273 e. The number of amides is 1. The van der Waals surface area contributed by atoms with Crippen LogP contribution in [0.3, 0.4) is 0 Å². The molecule has 3 aromatic rings. The summed E-state index contributed by atoms with van der Waals surface area (Å²) in [6.45, 7) is 1.99. The molecule has 0 bridgehead atoms. The van der Waals surface area contributed by atoms with E-state index in [0.717, 1.165) is 31.7 Å². The summed E-state index contributed by atoms with van der Waals surface area (Å²) in [7, 11) is 1.66. The number of nitrogens with zero attached hydrogens (tertiary/aromatic N) is 2. The van der Waals surface area contributed by atoms with Crippen molar-refractivity contribution in [2.45, 2.75) is 38.5 Å². The Morgan fingerprint density at radius 3 is 2.41 bits per heavy atom. The van der Waals surface area contributed by atoms with Crippen LogP contribution in [0.1, 0.15) is 40.3 Å². The van der Waals surface area contributed by atoms with Gasteiger partial charge in [-0.2, -0.15) is 0 Å². The Kier molecular flexibility index (Phi) is 5.91. The summed E-state index contributed by atoms with van der Waals surface area (Å²) in [4.78, 5) is 18.8. The van der Waals surface area contributed by atoms with Crippen LogP contribution in [0.2, 0.25) is 0 Å². The number of hydrogen-bond acceptors (Lipinski definition) is 5. The molecule has 29 heavy (non-hydrogen) atoms. The first-order valence-corrected chi connectivity index (χ1v) is 9.84. The van der Waals surface area contributed by atoms with Gasteiger partial charge in [0, 0.05) is 19.1 Å². The van der Waals surface area contributed by atoms with Gasteiger partial charge in [-0.05, 0) is 36.1 Å². The largest absolute Gasteiger partial charge is 0.497 e. The average Bonchev–Trinajstić information content (AvgIpc) is 3.43. The highest BCUT2D eigenvalue weighted by Crippen LogP contribution is 2.20. The van der Waals surface area contributed by atoms with Crippen molar-refractivity contribution in [1.29, 1.82) is 0 Å². The van der Waals surface area contributed by atoms with Crippen LogP contribution in [-0.4, -0.2) is 28.9 Å². The molecule has 0 saturated heterocycles. The predicted molar refractivity (Wildman–Crippen MR) is 109 cm³/mol. The number of carbonyl (C=O) groups excluding carboxylic acids is 1. The number of rotatable bonds is 9. The molecule has 0 aliphatic heterocycles. The van der Waals surface area contributed by atoms with Crippen molar-refractivity contribution in [3.8, 4) is 5.75 Å². The van der Waals surface area contributed by atoms with E-state index in [1.807, 2.05) is 30.3 Å². The molecule has 150 valence electrons. The van der Waals surface area contributed by atoms with E-state index in [1.165, 1.54) is 17.4 Å². The van der Waals surface area contributed by atoms with Gasteiger partial charge in [-0.25, -0.2) is 4.98 Å². The summed E-state index contributed by atoms with van der Waals surface area (Å²) in [6, 6.07) is 18.6. The number of ether oxygens (including phenoxy) is 1. The predicted octanol–water partition coefficient (Wildman–Crippen LogP) is 3.78. The van der Waals surface area contributed by atoms with Gasteiger partial charge in [0.25, 0.3) is 5.91 Å². The number of hydrogen-bond donors (Lipinski definition) is 1. The van der Waals surface area contributed by atoms with Crippen molar-refractivity contribution in [3.63, 3.8) is 0 Å². The molecule has 1 saturated carbocycles. The molecular formula is C23H25N3O3. The number of benzene rings is 2. The van der Waals surface area contributed by atoms with Gasteiger partial charge in [0.1, 0.15) is 12.0 Å². The minimum absolute atomic E-state index is 0.160. The topological polar surface area (TPSA) is 67.6 Å². The standard InChI is InChI=1S/C23H25N3O3/c1-28-20-11-7-18(8-12-20)14-26(13-17-5-3-2-4-6-17)15-22-25-21(16-29-22)23(27)24-19-9-10-19/h2-8,11-12,16,19H,9-10,13-15H2,1H3,(H,24,27). The van der Waals surface area contributed by atoms with Gasteiger partial charge < -0.3 is 14.5 Å². The van der Waals surface area contributed by atoms with E-state index in [4.69, 9.17) is 9.15 Å². The fraction of sp³-hybridized carbons (Fsp3) is 0.304. The summed E-state index contributed by atoms with van der Waals surface area (Å²) in [5.41, 5.74) is 2.72. The SMILES string of the molecule is COc1ccc(CN(Cc2ccccc2)Cc2nc(C(=O)NC3CC3)co2)cc1. The Morgan fingerprint density at radius 2 is 1.76 bits per heavy atom. The molecule has 1 aliphatic rings. The van der Waals surface area contributed by atoms with E-state index in [0.29, 0.717) is 24.2 Å². The van der Waals surface area contributed by atoms with Gasteiger partial charge in [0.2, 0.25) is 5.89 Å². The van der Waals surface area contributed by atoms with Crippen LogP contribution < -0.4 is 10.1 Å². The van der Waals surface area contributed by atoms with Gasteiger partial charge in [0.15, 0.2) is 5.69 Å². The van der Waals surface area contributed by atoms with Gasteiger partial charge >= 0.3 is 0 Å². The molecule has 2 aromatic carbocycles. The lowest BCUT2D eigenvalue weighted by atomic mass is 10.1. The molecule has 1 aliphatic carbocycles. The fourth-order valence-electron chi connectivity index (χ4n) is 3.16. The maximum atomic E-state index is 12.2. The van der Waals surface area contributed by atoms with Crippen molar-refractivity contribution in [1.82, 2.24) is 15.2 Å². The fourth-order valence-corrected chi connectivity index (χ4v) is 3.16. The molecular weight excluding hydrogens is 366 g/mol. The minimum Gasteiger partial charge on any atom is -0.497 e. The summed E-state index contributed by atoms with van der Waals surface area (Å²) in [6.07, 6.45) is 3.54. The number of carbonyl (C=O) groups is 1. The van der Waals surface area contributed by atoms with Gasteiger partial charge in [-0.15, -0.1) is 0 Å². The molecule has 0 radical (unpaired) electrons. The second kappa shape index (κ2) is 8.92. The third kappa shape index (κ3) is 5.45. The molecule has 1 aromatic heterocycles. The molecule has 6 nitrogen and oxygen atoms in total. The Balaban J connectivity index is 1.46. The van der Waals surface area contributed by atoms with Crippen LogP contribution in [-0.2, 0) is 19.6 Å². The smallest absolute Gasteiger partial charge is 0.273 e. The summed E-state index contributed by atoms with van der Waals surface area (Å²) in [5, 5.41) is 2.94. The molecule has 1 N–H and O–H groups in total. The van der Waals surface area contributed by atoms with Gasteiger partial charge in [-0.3, -0.25) is 9.69 Å². The molecule has 6 heteroatoms.